The minimum Gasteiger partial charge on any atom is -0.368 e. The Morgan fingerprint density at radius 2 is 1.88 bits per heavy atom. The van der Waals surface area contributed by atoms with E-state index in [1.54, 1.807) is 6.33 Å². The molecule has 0 bridgehead atoms. The molecule has 1 aliphatic rings. The normalized spacial score (nSPS) is 15.5. The Labute approximate surface area is 149 Å². The molecule has 1 aromatic heterocycles. The van der Waals surface area contributed by atoms with Gasteiger partial charge in [-0.1, -0.05) is 18.2 Å². The SMILES string of the molecule is CCNC(=NCc1nncn1CC)N1CCN(c2ccccc2)CC1. The van der Waals surface area contributed by atoms with Crippen LogP contribution in [0.4, 0.5) is 5.69 Å². The van der Waals surface area contributed by atoms with Crippen molar-refractivity contribution >= 4 is 11.6 Å². The number of benzene rings is 1. The third-order valence-electron chi connectivity index (χ3n) is 4.44. The van der Waals surface area contributed by atoms with Crippen LogP contribution in [0.3, 0.4) is 0 Å². The van der Waals surface area contributed by atoms with E-state index in [2.05, 4.69) is 69.5 Å². The lowest BCUT2D eigenvalue weighted by Gasteiger charge is -2.37. The molecule has 7 heteroatoms. The fourth-order valence-corrected chi connectivity index (χ4v) is 3.05. The highest BCUT2D eigenvalue weighted by molar-refractivity contribution is 5.80. The lowest BCUT2D eigenvalue weighted by Crippen LogP contribution is -2.52. The van der Waals surface area contributed by atoms with Crippen molar-refractivity contribution in [2.75, 3.05) is 37.6 Å². The number of aryl methyl sites for hydroxylation is 1. The summed E-state index contributed by atoms with van der Waals surface area (Å²) >= 11 is 0. The van der Waals surface area contributed by atoms with Crippen LogP contribution >= 0.6 is 0 Å². The van der Waals surface area contributed by atoms with Crippen LogP contribution in [-0.2, 0) is 13.1 Å². The zero-order valence-corrected chi connectivity index (χ0v) is 15.1. The van der Waals surface area contributed by atoms with E-state index in [4.69, 9.17) is 4.99 Å². The van der Waals surface area contributed by atoms with Gasteiger partial charge < -0.3 is 19.7 Å². The third-order valence-corrected chi connectivity index (χ3v) is 4.44. The van der Waals surface area contributed by atoms with Gasteiger partial charge in [0.1, 0.15) is 12.9 Å². The van der Waals surface area contributed by atoms with Crippen molar-refractivity contribution in [2.24, 2.45) is 4.99 Å². The number of aliphatic imine (C=N–C) groups is 1. The van der Waals surface area contributed by atoms with E-state index < -0.39 is 0 Å². The standard InChI is InChI=1S/C18H27N7/c1-3-19-18(20-14-17-22-21-15-23(17)4-2)25-12-10-24(11-13-25)16-8-6-5-7-9-16/h5-9,15H,3-4,10-14H2,1-2H3,(H,19,20). The molecule has 1 N–H and O–H groups in total. The monoisotopic (exact) mass is 341 g/mol. The average Bonchev–Trinajstić information content (AvgIpc) is 3.13. The van der Waals surface area contributed by atoms with Gasteiger partial charge in [0, 0.05) is 45.0 Å². The Morgan fingerprint density at radius 3 is 2.56 bits per heavy atom. The minimum atomic E-state index is 0.551. The van der Waals surface area contributed by atoms with Gasteiger partial charge in [0.2, 0.25) is 0 Å². The van der Waals surface area contributed by atoms with Gasteiger partial charge >= 0.3 is 0 Å². The molecule has 3 rings (SSSR count). The predicted molar refractivity (Wildman–Crippen MR) is 101 cm³/mol. The molecule has 0 aliphatic carbocycles. The molecule has 0 unspecified atom stereocenters. The van der Waals surface area contributed by atoms with Crippen molar-refractivity contribution in [3.05, 3.63) is 42.5 Å². The maximum atomic E-state index is 4.78. The molecule has 134 valence electrons. The largest absolute Gasteiger partial charge is 0.368 e. The first-order chi connectivity index (χ1) is 12.3. The van der Waals surface area contributed by atoms with Gasteiger partial charge in [-0.3, -0.25) is 0 Å². The van der Waals surface area contributed by atoms with Gasteiger partial charge in [0.25, 0.3) is 0 Å². The Hall–Kier alpha value is -2.57. The quantitative estimate of drug-likeness (QED) is 0.661. The van der Waals surface area contributed by atoms with Crippen LogP contribution in [0.1, 0.15) is 19.7 Å². The van der Waals surface area contributed by atoms with Crippen molar-refractivity contribution < 1.29 is 0 Å². The number of hydrogen-bond donors (Lipinski definition) is 1. The number of rotatable bonds is 5. The second-order valence-corrected chi connectivity index (χ2v) is 6.01. The molecular weight excluding hydrogens is 314 g/mol. The van der Waals surface area contributed by atoms with Gasteiger partial charge in [0.05, 0.1) is 0 Å². The van der Waals surface area contributed by atoms with Gasteiger partial charge in [-0.15, -0.1) is 10.2 Å². The number of nitrogens with one attached hydrogen (secondary N) is 1. The van der Waals surface area contributed by atoms with E-state index in [1.807, 2.05) is 4.57 Å². The predicted octanol–water partition coefficient (Wildman–Crippen LogP) is 1.59. The van der Waals surface area contributed by atoms with E-state index >= 15 is 0 Å². The average molecular weight is 341 g/mol. The van der Waals surface area contributed by atoms with Crippen LogP contribution in [0.5, 0.6) is 0 Å². The van der Waals surface area contributed by atoms with Crippen LogP contribution in [0, 0.1) is 0 Å². The minimum absolute atomic E-state index is 0.551. The third kappa shape index (κ3) is 4.29. The van der Waals surface area contributed by atoms with E-state index in [1.165, 1.54) is 5.69 Å². The number of aromatic nitrogens is 3. The maximum absolute atomic E-state index is 4.78. The lowest BCUT2D eigenvalue weighted by atomic mass is 10.2. The van der Waals surface area contributed by atoms with Crippen LogP contribution < -0.4 is 10.2 Å². The number of hydrogen-bond acceptors (Lipinski definition) is 4. The summed E-state index contributed by atoms with van der Waals surface area (Å²) in [5.41, 5.74) is 1.29. The zero-order chi connectivity index (χ0) is 17.5. The summed E-state index contributed by atoms with van der Waals surface area (Å²) in [6.45, 7) is 10.4. The lowest BCUT2D eigenvalue weighted by molar-refractivity contribution is 0.372. The maximum Gasteiger partial charge on any atom is 0.194 e. The summed E-state index contributed by atoms with van der Waals surface area (Å²) in [7, 11) is 0. The topological polar surface area (TPSA) is 61.6 Å². The molecule has 0 atom stereocenters. The number of piperazine rings is 1. The van der Waals surface area contributed by atoms with Crippen LogP contribution in [0.25, 0.3) is 0 Å². The summed E-state index contributed by atoms with van der Waals surface area (Å²) in [4.78, 5) is 9.53. The Kier molecular flexibility index (Phi) is 5.87. The highest BCUT2D eigenvalue weighted by Gasteiger charge is 2.19. The van der Waals surface area contributed by atoms with Crippen molar-refractivity contribution in [3.63, 3.8) is 0 Å². The number of para-hydroxylation sites is 1. The molecule has 2 heterocycles. The molecular formula is C18H27N7. The number of anilines is 1. The van der Waals surface area contributed by atoms with Crippen molar-refractivity contribution in [3.8, 4) is 0 Å². The molecule has 25 heavy (non-hydrogen) atoms. The highest BCUT2D eigenvalue weighted by atomic mass is 15.4. The second-order valence-electron chi connectivity index (χ2n) is 6.01. The van der Waals surface area contributed by atoms with Gasteiger partial charge in [-0.25, -0.2) is 4.99 Å². The summed E-state index contributed by atoms with van der Waals surface area (Å²) in [6.07, 6.45) is 1.76. The molecule has 0 spiro atoms. The first-order valence-corrected chi connectivity index (χ1v) is 9.01. The van der Waals surface area contributed by atoms with Crippen LogP contribution in [0.2, 0.25) is 0 Å². The zero-order valence-electron chi connectivity index (χ0n) is 15.1. The van der Waals surface area contributed by atoms with E-state index in [-0.39, 0.29) is 0 Å². The molecule has 1 aromatic carbocycles. The molecule has 0 amide bonds. The molecule has 0 saturated carbocycles. The molecule has 2 aromatic rings. The Balaban J connectivity index is 1.62. The summed E-state index contributed by atoms with van der Waals surface area (Å²) in [5.74, 6) is 1.86. The summed E-state index contributed by atoms with van der Waals surface area (Å²) in [6, 6.07) is 10.6. The smallest absolute Gasteiger partial charge is 0.194 e. The highest BCUT2D eigenvalue weighted by Crippen LogP contribution is 2.15. The second kappa shape index (κ2) is 8.50. The number of nitrogens with zero attached hydrogens (tertiary/aromatic N) is 6. The van der Waals surface area contributed by atoms with E-state index in [0.29, 0.717) is 6.54 Å². The van der Waals surface area contributed by atoms with Gasteiger partial charge in [-0.05, 0) is 26.0 Å². The van der Waals surface area contributed by atoms with E-state index in [0.717, 1.165) is 51.1 Å². The van der Waals surface area contributed by atoms with Crippen LogP contribution in [0.15, 0.2) is 41.7 Å². The van der Waals surface area contributed by atoms with Crippen LogP contribution in [-0.4, -0.2) is 58.3 Å². The Morgan fingerprint density at radius 1 is 1.12 bits per heavy atom. The molecule has 7 nitrogen and oxygen atoms in total. The van der Waals surface area contributed by atoms with Gasteiger partial charge in [-0.2, -0.15) is 0 Å². The van der Waals surface area contributed by atoms with E-state index in [9.17, 15) is 0 Å². The molecule has 1 fully saturated rings. The molecule has 1 aliphatic heterocycles. The van der Waals surface area contributed by atoms with Gasteiger partial charge in [0.15, 0.2) is 11.8 Å². The fraction of sp³-hybridized carbons (Fsp3) is 0.500. The van der Waals surface area contributed by atoms with Crippen molar-refractivity contribution in [2.45, 2.75) is 26.9 Å². The fourth-order valence-electron chi connectivity index (χ4n) is 3.05. The molecule has 1 saturated heterocycles. The summed E-state index contributed by atoms with van der Waals surface area (Å²) in [5, 5.41) is 11.6. The first kappa shape index (κ1) is 17.3. The molecule has 0 radical (unpaired) electrons. The first-order valence-electron chi connectivity index (χ1n) is 9.01. The summed E-state index contributed by atoms with van der Waals surface area (Å²) < 4.78 is 2.03. The van der Waals surface area contributed by atoms with Crippen molar-refractivity contribution in [1.82, 2.24) is 25.0 Å². The number of guanidine groups is 1. The Bertz CT molecular complexity index is 672. The van der Waals surface area contributed by atoms with Crippen molar-refractivity contribution in [1.29, 1.82) is 0 Å².